The average Bonchev–Trinajstić information content (AvgIpc) is 3.29. The molecule has 1 atom stereocenters. The number of hydrogen-bond acceptors (Lipinski definition) is 6. The first-order valence-electron chi connectivity index (χ1n) is 11.2. The predicted molar refractivity (Wildman–Crippen MR) is 121 cm³/mol. The third-order valence-electron chi connectivity index (χ3n) is 6.14. The quantitative estimate of drug-likeness (QED) is 0.642. The maximum Gasteiger partial charge on any atom is 0.163 e. The van der Waals surface area contributed by atoms with Gasteiger partial charge in [0.15, 0.2) is 11.5 Å². The molecule has 4 rings (SSSR count). The second-order valence-corrected chi connectivity index (χ2v) is 9.31. The largest absolute Gasteiger partial charge is 0.493 e. The van der Waals surface area contributed by atoms with Crippen LogP contribution in [0.4, 0.5) is 5.69 Å². The molecule has 2 aliphatic rings. The van der Waals surface area contributed by atoms with Crippen LogP contribution in [0.25, 0.3) is 10.9 Å². The zero-order valence-electron chi connectivity index (χ0n) is 18.8. The Morgan fingerprint density at radius 2 is 2.10 bits per heavy atom. The monoisotopic (exact) mass is 413 g/mol. The number of methoxy groups -OCH3 is 1. The van der Waals surface area contributed by atoms with Gasteiger partial charge in [0, 0.05) is 48.5 Å². The number of fused-ring (bicyclic) bond motifs is 2. The SMILES string of the molecule is COc1cc2c(NC(C)C)c3c(nc2cc1OCCCN1CCC(C)(O)C1)CCC3. The van der Waals surface area contributed by atoms with Gasteiger partial charge in [-0.3, -0.25) is 4.98 Å². The normalized spacial score (nSPS) is 21.4. The highest BCUT2D eigenvalue weighted by molar-refractivity contribution is 5.96. The lowest BCUT2D eigenvalue weighted by atomic mass is 10.1. The molecule has 0 bridgehead atoms. The molecule has 2 heterocycles. The van der Waals surface area contributed by atoms with E-state index in [2.05, 4.69) is 30.1 Å². The topological polar surface area (TPSA) is 66.8 Å². The Morgan fingerprint density at radius 3 is 2.80 bits per heavy atom. The molecule has 1 aliphatic heterocycles. The highest BCUT2D eigenvalue weighted by atomic mass is 16.5. The summed E-state index contributed by atoms with van der Waals surface area (Å²) in [6.45, 7) is 9.49. The van der Waals surface area contributed by atoms with E-state index in [1.54, 1.807) is 7.11 Å². The molecule has 164 valence electrons. The molecule has 30 heavy (non-hydrogen) atoms. The molecule has 2 N–H and O–H groups in total. The van der Waals surface area contributed by atoms with Gasteiger partial charge < -0.3 is 24.8 Å². The van der Waals surface area contributed by atoms with Crippen LogP contribution in [0.1, 0.15) is 51.3 Å². The highest BCUT2D eigenvalue weighted by Gasteiger charge is 2.30. The Balaban J connectivity index is 1.52. The van der Waals surface area contributed by atoms with Crippen molar-refractivity contribution in [2.24, 2.45) is 0 Å². The van der Waals surface area contributed by atoms with Crippen molar-refractivity contribution in [2.45, 2.75) is 64.5 Å². The fourth-order valence-corrected chi connectivity index (χ4v) is 4.70. The number of pyridine rings is 1. The summed E-state index contributed by atoms with van der Waals surface area (Å²) >= 11 is 0. The summed E-state index contributed by atoms with van der Waals surface area (Å²) in [6, 6.07) is 4.45. The third kappa shape index (κ3) is 4.49. The van der Waals surface area contributed by atoms with Crippen molar-refractivity contribution in [3.05, 3.63) is 23.4 Å². The second-order valence-electron chi connectivity index (χ2n) is 9.31. The Hall–Kier alpha value is -2.05. The number of hydrogen-bond donors (Lipinski definition) is 2. The van der Waals surface area contributed by atoms with Crippen LogP contribution in [0.2, 0.25) is 0 Å². The summed E-state index contributed by atoms with van der Waals surface area (Å²) in [4.78, 5) is 7.26. The maximum atomic E-state index is 10.1. The molecule has 1 unspecified atom stereocenters. The van der Waals surface area contributed by atoms with Crippen molar-refractivity contribution in [1.29, 1.82) is 0 Å². The van der Waals surface area contributed by atoms with Crippen molar-refractivity contribution in [1.82, 2.24) is 9.88 Å². The van der Waals surface area contributed by atoms with Crippen LogP contribution in [-0.4, -0.2) is 60.0 Å². The molecule has 0 saturated carbocycles. The Kier molecular flexibility index (Phi) is 6.07. The number of aryl methyl sites for hydroxylation is 1. The van der Waals surface area contributed by atoms with Crippen LogP contribution in [0.3, 0.4) is 0 Å². The Labute approximate surface area is 179 Å². The predicted octanol–water partition coefficient (Wildman–Crippen LogP) is 3.78. The molecule has 1 aromatic heterocycles. The van der Waals surface area contributed by atoms with Gasteiger partial charge in [-0.1, -0.05) is 0 Å². The number of aliphatic hydroxyl groups is 1. The van der Waals surface area contributed by atoms with Gasteiger partial charge in [0.05, 0.1) is 24.8 Å². The van der Waals surface area contributed by atoms with E-state index in [1.807, 2.05) is 13.0 Å². The number of nitrogens with zero attached hydrogens (tertiary/aromatic N) is 2. The Morgan fingerprint density at radius 1 is 1.27 bits per heavy atom. The minimum absolute atomic E-state index is 0.355. The van der Waals surface area contributed by atoms with Crippen molar-refractivity contribution >= 4 is 16.6 Å². The summed E-state index contributed by atoms with van der Waals surface area (Å²) < 4.78 is 11.8. The first kappa shape index (κ1) is 21.2. The van der Waals surface area contributed by atoms with Gasteiger partial charge in [0.1, 0.15) is 0 Å². The first-order valence-corrected chi connectivity index (χ1v) is 11.2. The van der Waals surface area contributed by atoms with E-state index < -0.39 is 5.60 Å². The molecule has 1 aromatic carbocycles. The zero-order valence-corrected chi connectivity index (χ0v) is 18.8. The van der Waals surface area contributed by atoms with E-state index in [0.717, 1.165) is 74.1 Å². The fourth-order valence-electron chi connectivity index (χ4n) is 4.70. The molecule has 0 radical (unpaired) electrons. The number of anilines is 1. The number of benzene rings is 1. The van der Waals surface area contributed by atoms with Gasteiger partial charge in [0.25, 0.3) is 0 Å². The lowest BCUT2D eigenvalue weighted by molar-refractivity contribution is 0.0681. The smallest absolute Gasteiger partial charge is 0.163 e. The summed E-state index contributed by atoms with van der Waals surface area (Å²) in [5.41, 5.74) is 4.19. The van der Waals surface area contributed by atoms with E-state index in [0.29, 0.717) is 12.6 Å². The van der Waals surface area contributed by atoms with Crippen LogP contribution in [0, 0.1) is 0 Å². The summed E-state index contributed by atoms with van der Waals surface area (Å²) in [5, 5.41) is 14.9. The van der Waals surface area contributed by atoms with Gasteiger partial charge in [0.2, 0.25) is 0 Å². The van der Waals surface area contributed by atoms with E-state index in [4.69, 9.17) is 14.5 Å². The van der Waals surface area contributed by atoms with Gasteiger partial charge in [-0.2, -0.15) is 0 Å². The van der Waals surface area contributed by atoms with Gasteiger partial charge in [-0.15, -0.1) is 0 Å². The highest BCUT2D eigenvalue weighted by Crippen LogP contribution is 2.40. The third-order valence-corrected chi connectivity index (χ3v) is 6.14. The number of nitrogens with one attached hydrogen (secondary N) is 1. The summed E-state index contributed by atoms with van der Waals surface area (Å²) in [7, 11) is 1.69. The van der Waals surface area contributed by atoms with E-state index in [1.165, 1.54) is 16.9 Å². The van der Waals surface area contributed by atoms with Crippen molar-refractivity contribution in [2.75, 3.05) is 38.7 Å². The standard InChI is InChI=1S/C24H35N3O3/c1-16(2)25-23-17-7-5-8-19(17)26-20-14-22(21(29-4)13-18(20)23)30-12-6-10-27-11-9-24(3,28)15-27/h13-14,16,28H,5-12,15H2,1-4H3,(H,25,26). The Bertz CT molecular complexity index is 910. The van der Waals surface area contributed by atoms with Crippen LogP contribution < -0.4 is 14.8 Å². The molecule has 1 aliphatic carbocycles. The maximum absolute atomic E-state index is 10.1. The van der Waals surface area contributed by atoms with E-state index in [-0.39, 0.29) is 0 Å². The van der Waals surface area contributed by atoms with Crippen LogP contribution in [-0.2, 0) is 12.8 Å². The van der Waals surface area contributed by atoms with Crippen molar-refractivity contribution < 1.29 is 14.6 Å². The molecular weight excluding hydrogens is 378 g/mol. The second kappa shape index (κ2) is 8.60. The molecule has 0 amide bonds. The van der Waals surface area contributed by atoms with Crippen molar-refractivity contribution in [3.63, 3.8) is 0 Å². The summed E-state index contributed by atoms with van der Waals surface area (Å²) in [6.07, 6.45) is 5.04. The van der Waals surface area contributed by atoms with Crippen LogP contribution in [0.15, 0.2) is 12.1 Å². The lowest BCUT2D eigenvalue weighted by Gasteiger charge is -2.20. The van der Waals surface area contributed by atoms with Gasteiger partial charge >= 0.3 is 0 Å². The molecular formula is C24H35N3O3. The number of β-amino-alcohol motifs (C(OH)–C–C–N with tert-alkyl or cyclic N) is 1. The molecule has 1 fully saturated rings. The first-order chi connectivity index (χ1) is 14.4. The fraction of sp³-hybridized carbons (Fsp3) is 0.625. The van der Waals surface area contributed by atoms with E-state index >= 15 is 0 Å². The van der Waals surface area contributed by atoms with Crippen LogP contribution in [0.5, 0.6) is 11.5 Å². The van der Waals surface area contributed by atoms with Gasteiger partial charge in [-0.25, -0.2) is 0 Å². The minimum Gasteiger partial charge on any atom is -0.493 e. The molecule has 6 heteroatoms. The molecule has 0 spiro atoms. The average molecular weight is 414 g/mol. The minimum atomic E-state index is -0.546. The molecule has 1 saturated heterocycles. The zero-order chi connectivity index (χ0) is 21.3. The van der Waals surface area contributed by atoms with Gasteiger partial charge in [-0.05, 0) is 64.5 Å². The number of rotatable bonds is 8. The van der Waals surface area contributed by atoms with Crippen molar-refractivity contribution in [3.8, 4) is 11.5 Å². The number of ether oxygens (including phenoxy) is 2. The van der Waals surface area contributed by atoms with E-state index in [9.17, 15) is 5.11 Å². The van der Waals surface area contributed by atoms with Crippen LogP contribution >= 0.6 is 0 Å². The molecule has 6 nitrogen and oxygen atoms in total. The lowest BCUT2D eigenvalue weighted by Crippen LogP contribution is -2.30. The molecule has 2 aromatic rings. The number of aromatic nitrogens is 1. The number of likely N-dealkylation sites (tertiary alicyclic amines) is 1. The summed E-state index contributed by atoms with van der Waals surface area (Å²) in [5.74, 6) is 1.50.